The Morgan fingerprint density at radius 1 is 1.23 bits per heavy atom. The van der Waals surface area contributed by atoms with Crippen molar-refractivity contribution in [3.8, 4) is 6.07 Å². The van der Waals surface area contributed by atoms with Gasteiger partial charge in [-0.25, -0.2) is 0 Å². The fourth-order valence-corrected chi connectivity index (χ4v) is 2.86. The maximum absolute atomic E-state index is 11.5. The Bertz CT molecular complexity index is 860. The minimum absolute atomic E-state index is 0.384. The van der Waals surface area contributed by atoms with Gasteiger partial charge in [0.25, 0.3) is 0 Å². The van der Waals surface area contributed by atoms with Crippen molar-refractivity contribution in [2.45, 2.75) is 5.60 Å². The maximum atomic E-state index is 11.5. The molecule has 4 heteroatoms. The van der Waals surface area contributed by atoms with E-state index < -0.39 is 17.5 Å². The number of aliphatic hydroxyl groups is 1. The van der Waals surface area contributed by atoms with Crippen LogP contribution < -0.4 is 0 Å². The summed E-state index contributed by atoms with van der Waals surface area (Å²) in [5.41, 5.74) is -0.878. The van der Waals surface area contributed by atoms with Gasteiger partial charge in [0.1, 0.15) is 11.5 Å². The zero-order chi connectivity index (χ0) is 15.7. The third-order valence-corrected chi connectivity index (χ3v) is 3.93. The number of aliphatic carboxylic acids is 1. The highest BCUT2D eigenvalue weighted by atomic mass is 16.4. The van der Waals surface area contributed by atoms with E-state index in [1.807, 2.05) is 24.3 Å². The van der Waals surface area contributed by atoms with E-state index in [4.69, 9.17) is 0 Å². The standard InChI is InChI=1S/C18H13NO3/c19-11-12-9-13-5-1-2-6-14(13)16(10-12)18(22)8-4-3-7-15(18)17(20)21/h1-10,15,22H,(H,20,21). The molecule has 2 unspecified atom stereocenters. The molecule has 2 atom stereocenters. The molecule has 4 nitrogen and oxygen atoms in total. The number of allylic oxidation sites excluding steroid dienone is 2. The van der Waals surface area contributed by atoms with E-state index in [0.717, 1.165) is 10.8 Å². The van der Waals surface area contributed by atoms with Crippen molar-refractivity contribution in [3.63, 3.8) is 0 Å². The van der Waals surface area contributed by atoms with Crippen molar-refractivity contribution in [1.29, 1.82) is 5.26 Å². The molecule has 0 bridgehead atoms. The molecule has 22 heavy (non-hydrogen) atoms. The first-order valence-corrected chi connectivity index (χ1v) is 6.81. The normalized spacial score (nSPS) is 23.4. The molecule has 108 valence electrons. The summed E-state index contributed by atoms with van der Waals surface area (Å²) in [6.45, 7) is 0. The second-order valence-electron chi connectivity index (χ2n) is 5.24. The molecule has 0 aromatic heterocycles. The molecule has 1 aliphatic rings. The van der Waals surface area contributed by atoms with Gasteiger partial charge in [-0.15, -0.1) is 0 Å². The zero-order valence-corrected chi connectivity index (χ0v) is 11.6. The van der Waals surface area contributed by atoms with E-state index in [1.54, 1.807) is 24.3 Å². The van der Waals surface area contributed by atoms with Crippen molar-refractivity contribution >= 4 is 16.7 Å². The van der Waals surface area contributed by atoms with Gasteiger partial charge in [-0.2, -0.15) is 5.26 Å². The van der Waals surface area contributed by atoms with E-state index in [2.05, 4.69) is 6.07 Å². The highest BCUT2D eigenvalue weighted by Gasteiger charge is 2.41. The summed E-state index contributed by atoms with van der Waals surface area (Å²) in [5, 5.41) is 31.2. The highest BCUT2D eigenvalue weighted by Crippen LogP contribution is 2.39. The number of carbonyl (C=O) groups is 1. The summed E-state index contributed by atoms with van der Waals surface area (Å²) >= 11 is 0. The second-order valence-corrected chi connectivity index (χ2v) is 5.24. The Morgan fingerprint density at radius 2 is 2.00 bits per heavy atom. The summed E-state index contributed by atoms with van der Waals surface area (Å²) in [6.07, 6.45) is 6.14. The minimum atomic E-state index is -1.69. The smallest absolute Gasteiger partial charge is 0.314 e. The van der Waals surface area contributed by atoms with Crippen LogP contribution >= 0.6 is 0 Å². The van der Waals surface area contributed by atoms with Crippen LogP contribution in [0.2, 0.25) is 0 Å². The van der Waals surface area contributed by atoms with Crippen LogP contribution in [0.4, 0.5) is 0 Å². The molecule has 0 amide bonds. The van der Waals surface area contributed by atoms with Crippen molar-refractivity contribution < 1.29 is 15.0 Å². The molecule has 0 aliphatic heterocycles. The van der Waals surface area contributed by atoms with Crippen LogP contribution in [0.5, 0.6) is 0 Å². The van der Waals surface area contributed by atoms with Crippen LogP contribution in [0.15, 0.2) is 60.7 Å². The number of nitrogens with zero attached hydrogens (tertiary/aromatic N) is 1. The third kappa shape index (κ3) is 2.09. The number of nitriles is 1. The maximum Gasteiger partial charge on any atom is 0.314 e. The van der Waals surface area contributed by atoms with Crippen molar-refractivity contribution in [3.05, 3.63) is 71.8 Å². The van der Waals surface area contributed by atoms with E-state index in [-0.39, 0.29) is 0 Å². The van der Waals surface area contributed by atoms with Crippen molar-refractivity contribution in [1.82, 2.24) is 0 Å². The average molecular weight is 291 g/mol. The van der Waals surface area contributed by atoms with Gasteiger partial charge in [-0.3, -0.25) is 4.79 Å². The summed E-state index contributed by atoms with van der Waals surface area (Å²) in [5.74, 6) is -2.22. The van der Waals surface area contributed by atoms with Gasteiger partial charge in [-0.05, 0) is 34.5 Å². The van der Waals surface area contributed by atoms with E-state index in [0.29, 0.717) is 11.1 Å². The van der Waals surface area contributed by atoms with Crippen LogP contribution in [0, 0.1) is 17.2 Å². The number of rotatable bonds is 2. The first-order valence-electron chi connectivity index (χ1n) is 6.81. The molecule has 2 aromatic carbocycles. The van der Waals surface area contributed by atoms with Gasteiger partial charge >= 0.3 is 5.97 Å². The Hall–Kier alpha value is -2.90. The molecule has 2 aromatic rings. The molecule has 0 radical (unpaired) electrons. The fraction of sp³-hybridized carbons (Fsp3) is 0.111. The van der Waals surface area contributed by atoms with E-state index in [9.17, 15) is 20.3 Å². The van der Waals surface area contributed by atoms with Gasteiger partial charge in [-0.1, -0.05) is 42.5 Å². The highest BCUT2D eigenvalue weighted by molar-refractivity contribution is 5.89. The van der Waals surface area contributed by atoms with E-state index >= 15 is 0 Å². The lowest BCUT2D eigenvalue weighted by Gasteiger charge is -2.32. The van der Waals surface area contributed by atoms with Crippen LogP contribution in [0.1, 0.15) is 11.1 Å². The molecular weight excluding hydrogens is 278 g/mol. The predicted molar refractivity (Wildman–Crippen MR) is 82.0 cm³/mol. The molecule has 2 N–H and O–H groups in total. The summed E-state index contributed by atoms with van der Waals surface area (Å²) < 4.78 is 0. The summed E-state index contributed by atoms with van der Waals surface area (Å²) in [7, 11) is 0. The lowest BCUT2D eigenvalue weighted by atomic mass is 9.76. The van der Waals surface area contributed by atoms with Crippen LogP contribution in [0.25, 0.3) is 10.8 Å². The number of carboxylic acids is 1. The number of hydrogen-bond donors (Lipinski definition) is 2. The van der Waals surface area contributed by atoms with Crippen LogP contribution in [0.3, 0.4) is 0 Å². The lowest BCUT2D eigenvalue weighted by molar-refractivity contribution is -0.146. The first-order chi connectivity index (χ1) is 10.6. The molecule has 0 spiro atoms. The molecule has 0 fully saturated rings. The van der Waals surface area contributed by atoms with Crippen LogP contribution in [-0.2, 0) is 10.4 Å². The average Bonchev–Trinajstić information content (AvgIpc) is 2.53. The fourth-order valence-electron chi connectivity index (χ4n) is 2.86. The van der Waals surface area contributed by atoms with Crippen LogP contribution in [-0.4, -0.2) is 16.2 Å². The monoisotopic (exact) mass is 291 g/mol. The SMILES string of the molecule is N#Cc1cc(C2(O)C=CC=CC2C(=O)O)c2ccccc2c1. The quantitative estimate of drug-likeness (QED) is 0.891. The van der Waals surface area contributed by atoms with Gasteiger partial charge in [0.05, 0.1) is 11.6 Å². The largest absolute Gasteiger partial charge is 0.481 e. The zero-order valence-electron chi connectivity index (χ0n) is 11.6. The summed E-state index contributed by atoms with van der Waals surface area (Å²) in [6, 6.07) is 12.6. The van der Waals surface area contributed by atoms with Gasteiger partial charge in [0.15, 0.2) is 0 Å². The molecule has 0 saturated carbocycles. The molecular formula is C18H13NO3. The molecule has 1 aliphatic carbocycles. The molecule has 3 rings (SSSR count). The Kier molecular flexibility index (Phi) is 3.28. The minimum Gasteiger partial charge on any atom is -0.481 e. The predicted octanol–water partition coefficient (Wildman–Crippen LogP) is 2.73. The topological polar surface area (TPSA) is 81.3 Å². The molecule has 0 saturated heterocycles. The second kappa shape index (κ2) is 5.14. The number of fused-ring (bicyclic) bond motifs is 1. The van der Waals surface area contributed by atoms with Gasteiger partial charge < -0.3 is 10.2 Å². The molecule has 0 heterocycles. The van der Waals surface area contributed by atoms with Gasteiger partial charge in [0.2, 0.25) is 0 Å². The Labute approximate surface area is 127 Å². The third-order valence-electron chi connectivity index (χ3n) is 3.93. The Morgan fingerprint density at radius 3 is 2.73 bits per heavy atom. The van der Waals surface area contributed by atoms with E-state index in [1.165, 1.54) is 12.2 Å². The lowest BCUT2D eigenvalue weighted by Crippen LogP contribution is -2.38. The summed E-state index contributed by atoms with van der Waals surface area (Å²) in [4.78, 5) is 11.5. The number of carboxylic acid groups (broad SMARTS) is 1. The number of hydrogen-bond acceptors (Lipinski definition) is 3. The van der Waals surface area contributed by atoms with Crippen molar-refractivity contribution in [2.75, 3.05) is 0 Å². The van der Waals surface area contributed by atoms with Gasteiger partial charge in [0, 0.05) is 0 Å². The number of benzene rings is 2. The first kappa shape index (κ1) is 14.1. The Balaban J connectivity index is 2.33. The van der Waals surface area contributed by atoms with Crippen molar-refractivity contribution in [2.24, 2.45) is 5.92 Å².